The first-order chi connectivity index (χ1) is 8.10. The van der Waals surface area contributed by atoms with E-state index in [1.54, 1.807) is 0 Å². The Morgan fingerprint density at radius 2 is 1.47 bits per heavy atom. The first-order valence-electron chi connectivity index (χ1n) is 6.89. The second-order valence-electron chi connectivity index (χ2n) is 5.46. The van der Waals surface area contributed by atoms with Gasteiger partial charge in [0.05, 0.1) is 0 Å². The van der Waals surface area contributed by atoms with Gasteiger partial charge in [-0.25, -0.2) is 0 Å². The van der Waals surface area contributed by atoms with Crippen molar-refractivity contribution in [2.45, 2.75) is 52.5 Å². The van der Waals surface area contributed by atoms with Gasteiger partial charge in [0.15, 0.2) is 0 Å². The fourth-order valence-electron chi connectivity index (χ4n) is 2.46. The van der Waals surface area contributed by atoms with Crippen molar-refractivity contribution in [3.63, 3.8) is 0 Å². The third-order valence-electron chi connectivity index (χ3n) is 3.32. The van der Waals surface area contributed by atoms with Gasteiger partial charge in [-0.05, 0) is 51.8 Å². The molecule has 1 nitrogen and oxygen atoms in total. The second kappa shape index (κ2) is 6.80. The molecule has 0 unspecified atom stereocenters. The zero-order valence-electron chi connectivity index (χ0n) is 11.9. The van der Waals surface area contributed by atoms with Crippen LogP contribution < -0.4 is 0 Å². The molecule has 1 aromatic carbocycles. The van der Waals surface area contributed by atoms with E-state index in [2.05, 4.69) is 62.9 Å². The van der Waals surface area contributed by atoms with Crippen molar-refractivity contribution in [2.24, 2.45) is 0 Å². The minimum absolute atomic E-state index is 0.257. The number of hydrogen-bond donors (Lipinski definition) is 0. The van der Waals surface area contributed by atoms with Gasteiger partial charge in [0.1, 0.15) is 0 Å². The van der Waals surface area contributed by atoms with Crippen molar-refractivity contribution >= 4 is 0 Å². The number of rotatable bonds is 7. The Kier molecular flexibility index (Phi) is 5.70. The lowest BCUT2D eigenvalue weighted by molar-refractivity contribution is 0.119. The predicted octanol–water partition coefficient (Wildman–Crippen LogP) is 4.13. The number of hydrogen-bond acceptors (Lipinski definition) is 1. The summed E-state index contributed by atoms with van der Waals surface area (Å²) in [5.41, 5.74) is 1.70. The maximum absolute atomic E-state index is 2.62. The highest BCUT2D eigenvalue weighted by molar-refractivity contribution is 5.17. The Morgan fingerprint density at radius 3 is 1.94 bits per heavy atom. The third-order valence-corrected chi connectivity index (χ3v) is 3.32. The van der Waals surface area contributed by atoms with Crippen LogP contribution >= 0.6 is 0 Å². The van der Waals surface area contributed by atoms with Crippen LogP contribution in [0.1, 0.15) is 46.1 Å². The molecule has 1 aromatic rings. The minimum atomic E-state index is 0.257. The molecule has 0 atom stereocenters. The quantitative estimate of drug-likeness (QED) is 0.684. The van der Waals surface area contributed by atoms with Crippen LogP contribution in [0.25, 0.3) is 0 Å². The molecule has 0 saturated heterocycles. The van der Waals surface area contributed by atoms with E-state index >= 15 is 0 Å². The van der Waals surface area contributed by atoms with Gasteiger partial charge >= 0.3 is 0 Å². The van der Waals surface area contributed by atoms with E-state index in [1.165, 1.54) is 31.5 Å². The normalized spacial score (nSPS) is 12.1. The monoisotopic (exact) mass is 233 g/mol. The van der Waals surface area contributed by atoms with E-state index in [9.17, 15) is 0 Å². The predicted molar refractivity (Wildman–Crippen MR) is 76.4 cm³/mol. The minimum Gasteiger partial charge on any atom is -0.298 e. The summed E-state index contributed by atoms with van der Waals surface area (Å²) in [6.45, 7) is 11.7. The Balaban J connectivity index is 2.70. The van der Waals surface area contributed by atoms with Crippen molar-refractivity contribution in [3.8, 4) is 0 Å². The lowest BCUT2D eigenvalue weighted by Crippen LogP contribution is -2.46. The van der Waals surface area contributed by atoms with E-state index in [4.69, 9.17) is 0 Å². The van der Waals surface area contributed by atoms with Gasteiger partial charge in [-0.15, -0.1) is 0 Å². The maximum Gasteiger partial charge on any atom is 0.0193 e. The van der Waals surface area contributed by atoms with Crippen molar-refractivity contribution in [3.05, 3.63) is 35.9 Å². The molecule has 0 aliphatic heterocycles. The van der Waals surface area contributed by atoms with Crippen LogP contribution in [0.3, 0.4) is 0 Å². The van der Waals surface area contributed by atoms with Crippen LogP contribution in [0.15, 0.2) is 30.3 Å². The Labute approximate surface area is 107 Å². The van der Waals surface area contributed by atoms with E-state index in [0.29, 0.717) is 0 Å². The first-order valence-corrected chi connectivity index (χ1v) is 6.89. The Bertz CT molecular complexity index is 297. The average Bonchev–Trinajstić information content (AvgIpc) is 2.29. The van der Waals surface area contributed by atoms with Crippen LogP contribution in [0.2, 0.25) is 0 Å². The number of nitrogens with zero attached hydrogens (tertiary/aromatic N) is 1. The van der Waals surface area contributed by atoms with Crippen LogP contribution in [0, 0.1) is 0 Å². The summed E-state index contributed by atoms with van der Waals surface area (Å²) >= 11 is 0. The van der Waals surface area contributed by atoms with Gasteiger partial charge in [-0.2, -0.15) is 0 Å². The average molecular weight is 233 g/mol. The van der Waals surface area contributed by atoms with Gasteiger partial charge in [0, 0.05) is 5.54 Å². The zero-order chi connectivity index (χ0) is 12.7. The molecular formula is C16H27N. The molecule has 1 rings (SSSR count). The number of benzene rings is 1. The molecule has 0 fully saturated rings. The molecule has 0 aromatic heterocycles. The summed E-state index contributed by atoms with van der Waals surface area (Å²) in [6, 6.07) is 10.8. The van der Waals surface area contributed by atoms with E-state index < -0.39 is 0 Å². The van der Waals surface area contributed by atoms with Gasteiger partial charge in [0.25, 0.3) is 0 Å². The van der Waals surface area contributed by atoms with Crippen molar-refractivity contribution in [1.29, 1.82) is 0 Å². The molecule has 0 spiro atoms. The smallest absolute Gasteiger partial charge is 0.0193 e. The first kappa shape index (κ1) is 14.2. The zero-order valence-corrected chi connectivity index (χ0v) is 11.9. The van der Waals surface area contributed by atoms with Gasteiger partial charge in [-0.1, -0.05) is 44.2 Å². The summed E-state index contributed by atoms with van der Waals surface area (Å²) in [5, 5.41) is 0. The highest BCUT2D eigenvalue weighted by atomic mass is 15.2. The van der Waals surface area contributed by atoms with E-state index in [0.717, 1.165) is 6.42 Å². The fourth-order valence-corrected chi connectivity index (χ4v) is 2.46. The SMILES string of the molecule is CCCN(CCC)C(C)(C)Cc1ccccc1. The molecule has 0 radical (unpaired) electrons. The topological polar surface area (TPSA) is 3.24 Å². The lowest BCUT2D eigenvalue weighted by atomic mass is 9.92. The summed E-state index contributed by atoms with van der Waals surface area (Å²) in [6.07, 6.45) is 3.60. The Morgan fingerprint density at radius 1 is 0.941 bits per heavy atom. The fraction of sp³-hybridized carbons (Fsp3) is 0.625. The molecule has 0 saturated carbocycles. The molecule has 0 amide bonds. The molecule has 0 bridgehead atoms. The van der Waals surface area contributed by atoms with Crippen LogP contribution in [-0.4, -0.2) is 23.5 Å². The van der Waals surface area contributed by atoms with E-state index in [-0.39, 0.29) is 5.54 Å². The molecule has 17 heavy (non-hydrogen) atoms. The van der Waals surface area contributed by atoms with Gasteiger partial charge in [0.2, 0.25) is 0 Å². The largest absolute Gasteiger partial charge is 0.298 e. The van der Waals surface area contributed by atoms with Crippen molar-refractivity contribution in [2.75, 3.05) is 13.1 Å². The Hall–Kier alpha value is -0.820. The van der Waals surface area contributed by atoms with Crippen LogP contribution in [0.4, 0.5) is 0 Å². The molecule has 0 heterocycles. The second-order valence-corrected chi connectivity index (χ2v) is 5.46. The van der Waals surface area contributed by atoms with Crippen molar-refractivity contribution in [1.82, 2.24) is 4.90 Å². The molecular weight excluding hydrogens is 206 g/mol. The third kappa shape index (κ3) is 4.51. The standard InChI is InChI=1S/C16H27N/c1-5-12-17(13-6-2)16(3,4)14-15-10-8-7-9-11-15/h7-11H,5-6,12-14H2,1-4H3. The molecule has 0 N–H and O–H groups in total. The molecule has 0 aliphatic carbocycles. The lowest BCUT2D eigenvalue weighted by Gasteiger charge is -2.38. The summed E-state index contributed by atoms with van der Waals surface area (Å²) in [7, 11) is 0. The highest BCUT2D eigenvalue weighted by Crippen LogP contribution is 2.21. The summed E-state index contributed by atoms with van der Waals surface area (Å²) in [5.74, 6) is 0. The van der Waals surface area contributed by atoms with E-state index in [1.807, 2.05) is 0 Å². The molecule has 0 aliphatic rings. The maximum atomic E-state index is 2.62. The van der Waals surface area contributed by atoms with Gasteiger partial charge < -0.3 is 0 Å². The van der Waals surface area contributed by atoms with Crippen LogP contribution in [-0.2, 0) is 6.42 Å². The summed E-state index contributed by atoms with van der Waals surface area (Å²) < 4.78 is 0. The molecule has 1 heteroatoms. The van der Waals surface area contributed by atoms with Crippen LogP contribution in [0.5, 0.6) is 0 Å². The highest BCUT2D eigenvalue weighted by Gasteiger charge is 2.25. The van der Waals surface area contributed by atoms with Gasteiger partial charge in [-0.3, -0.25) is 4.90 Å². The van der Waals surface area contributed by atoms with Crippen molar-refractivity contribution < 1.29 is 0 Å². The summed E-state index contributed by atoms with van der Waals surface area (Å²) in [4.78, 5) is 2.62. The molecule has 96 valence electrons.